The second kappa shape index (κ2) is 9.09. The van der Waals surface area contributed by atoms with E-state index in [1.54, 1.807) is 48.5 Å². The highest BCUT2D eigenvalue weighted by atomic mass is 16.5. The van der Waals surface area contributed by atoms with E-state index in [9.17, 15) is 14.4 Å². The zero-order chi connectivity index (χ0) is 20.8. The van der Waals surface area contributed by atoms with Crippen LogP contribution in [0.1, 0.15) is 13.3 Å². The molecule has 3 amide bonds. The van der Waals surface area contributed by atoms with Crippen molar-refractivity contribution in [1.29, 1.82) is 0 Å². The maximum Gasteiger partial charge on any atom is 0.262 e. The molecule has 29 heavy (non-hydrogen) atoms. The topological polar surface area (TPSA) is 111 Å². The molecular weight excluding hydrogens is 374 g/mol. The van der Waals surface area contributed by atoms with Crippen molar-refractivity contribution in [3.8, 4) is 11.5 Å². The lowest BCUT2D eigenvalue weighted by molar-refractivity contribution is -0.123. The Labute approximate surface area is 168 Å². The Morgan fingerprint density at radius 1 is 1.07 bits per heavy atom. The van der Waals surface area contributed by atoms with Gasteiger partial charge >= 0.3 is 0 Å². The molecule has 0 unspecified atom stereocenters. The molecule has 1 atom stereocenters. The second-order valence-corrected chi connectivity index (χ2v) is 6.60. The molecule has 2 aromatic carbocycles. The first-order chi connectivity index (χ1) is 14.0. The minimum absolute atomic E-state index is 0.124. The molecule has 0 aromatic heterocycles. The number of carbonyl (C=O) groups excluding carboxylic acids is 3. The standard InChI is InChI=1S/C21H23N3O5/c1-2-28-17-7-3-15(4-8-17)23-19(25)13-29-18-9-5-16(6-10-18)24-12-14(21(22)27)11-20(24)26/h3-10,14H,2,11-13H2,1H3,(H2,22,27)(H,23,25)/t14-/m0/s1. The Balaban J connectivity index is 1.50. The summed E-state index contributed by atoms with van der Waals surface area (Å²) in [6.07, 6.45) is 0.124. The normalized spacial score (nSPS) is 15.8. The number of hydrogen-bond donors (Lipinski definition) is 2. The number of amides is 3. The third kappa shape index (κ3) is 5.25. The van der Waals surface area contributed by atoms with Crippen molar-refractivity contribution in [2.75, 3.05) is 30.0 Å². The monoisotopic (exact) mass is 397 g/mol. The average molecular weight is 397 g/mol. The fourth-order valence-corrected chi connectivity index (χ4v) is 3.02. The fraction of sp³-hybridized carbons (Fsp3) is 0.286. The van der Waals surface area contributed by atoms with E-state index in [2.05, 4.69) is 5.32 Å². The molecule has 0 bridgehead atoms. The van der Waals surface area contributed by atoms with E-state index in [1.165, 1.54) is 4.90 Å². The Morgan fingerprint density at radius 3 is 2.28 bits per heavy atom. The molecule has 3 rings (SSSR count). The highest BCUT2D eigenvalue weighted by molar-refractivity contribution is 6.00. The van der Waals surface area contributed by atoms with Crippen LogP contribution in [0.4, 0.5) is 11.4 Å². The second-order valence-electron chi connectivity index (χ2n) is 6.60. The number of nitrogens with one attached hydrogen (secondary N) is 1. The molecule has 1 fully saturated rings. The van der Waals surface area contributed by atoms with Crippen LogP contribution in [0.3, 0.4) is 0 Å². The fourth-order valence-electron chi connectivity index (χ4n) is 3.02. The van der Waals surface area contributed by atoms with E-state index in [4.69, 9.17) is 15.2 Å². The van der Waals surface area contributed by atoms with E-state index in [0.29, 0.717) is 23.7 Å². The minimum atomic E-state index is -0.473. The number of hydrogen-bond acceptors (Lipinski definition) is 5. The Morgan fingerprint density at radius 2 is 1.69 bits per heavy atom. The molecule has 152 valence electrons. The van der Waals surface area contributed by atoms with Crippen LogP contribution in [0.5, 0.6) is 11.5 Å². The van der Waals surface area contributed by atoms with Crippen LogP contribution in [-0.4, -0.2) is 37.5 Å². The summed E-state index contributed by atoms with van der Waals surface area (Å²) in [5.74, 6) is -0.146. The lowest BCUT2D eigenvalue weighted by Crippen LogP contribution is -2.28. The number of nitrogens with two attached hydrogens (primary N) is 1. The molecule has 2 aromatic rings. The van der Waals surface area contributed by atoms with Crippen LogP contribution in [0.2, 0.25) is 0 Å². The van der Waals surface area contributed by atoms with Crippen molar-refractivity contribution in [3.63, 3.8) is 0 Å². The Hall–Kier alpha value is -3.55. The van der Waals surface area contributed by atoms with Crippen molar-refractivity contribution in [1.82, 2.24) is 0 Å². The lowest BCUT2D eigenvalue weighted by atomic mass is 10.1. The van der Waals surface area contributed by atoms with E-state index < -0.39 is 11.8 Å². The highest BCUT2D eigenvalue weighted by Crippen LogP contribution is 2.26. The van der Waals surface area contributed by atoms with E-state index in [0.717, 1.165) is 5.75 Å². The van der Waals surface area contributed by atoms with Crippen LogP contribution < -0.4 is 25.4 Å². The van der Waals surface area contributed by atoms with Gasteiger partial charge in [0.2, 0.25) is 11.8 Å². The van der Waals surface area contributed by atoms with Crippen molar-refractivity contribution in [2.24, 2.45) is 11.7 Å². The van der Waals surface area contributed by atoms with Gasteiger partial charge in [0.05, 0.1) is 12.5 Å². The van der Waals surface area contributed by atoms with Gasteiger partial charge in [0.25, 0.3) is 5.91 Å². The number of nitrogens with zero attached hydrogens (tertiary/aromatic N) is 1. The zero-order valence-electron chi connectivity index (χ0n) is 16.1. The molecule has 0 radical (unpaired) electrons. The number of anilines is 2. The SMILES string of the molecule is CCOc1ccc(NC(=O)COc2ccc(N3C[C@@H](C(N)=O)CC3=O)cc2)cc1. The quantitative estimate of drug-likeness (QED) is 0.707. The predicted molar refractivity (Wildman–Crippen MR) is 108 cm³/mol. The van der Waals surface area contributed by atoms with Gasteiger partial charge in [-0.1, -0.05) is 0 Å². The van der Waals surface area contributed by atoms with Gasteiger partial charge in [0, 0.05) is 24.3 Å². The lowest BCUT2D eigenvalue weighted by Gasteiger charge is -2.16. The van der Waals surface area contributed by atoms with Crippen LogP contribution in [0.15, 0.2) is 48.5 Å². The smallest absolute Gasteiger partial charge is 0.262 e. The van der Waals surface area contributed by atoms with Gasteiger partial charge < -0.3 is 25.4 Å². The Bertz CT molecular complexity index is 880. The zero-order valence-corrected chi connectivity index (χ0v) is 16.1. The summed E-state index contributed by atoms with van der Waals surface area (Å²) >= 11 is 0. The molecule has 1 aliphatic rings. The third-order valence-corrected chi connectivity index (χ3v) is 4.49. The highest BCUT2D eigenvalue weighted by Gasteiger charge is 2.33. The Kier molecular flexibility index (Phi) is 6.33. The van der Waals surface area contributed by atoms with Gasteiger partial charge in [-0.15, -0.1) is 0 Å². The van der Waals surface area contributed by atoms with Gasteiger partial charge in [-0.2, -0.15) is 0 Å². The largest absolute Gasteiger partial charge is 0.494 e. The van der Waals surface area contributed by atoms with Gasteiger partial charge in [-0.3, -0.25) is 14.4 Å². The molecule has 8 heteroatoms. The first kappa shape index (κ1) is 20.2. The number of carbonyl (C=O) groups is 3. The van der Waals surface area contributed by atoms with Gasteiger partial charge in [0.15, 0.2) is 6.61 Å². The number of benzene rings is 2. The van der Waals surface area contributed by atoms with Gasteiger partial charge in [-0.05, 0) is 55.5 Å². The summed E-state index contributed by atoms with van der Waals surface area (Å²) in [5.41, 5.74) is 6.59. The van der Waals surface area contributed by atoms with Crippen LogP contribution in [0, 0.1) is 5.92 Å². The van der Waals surface area contributed by atoms with Gasteiger partial charge in [-0.25, -0.2) is 0 Å². The first-order valence-corrected chi connectivity index (χ1v) is 9.31. The molecule has 0 spiro atoms. The molecule has 1 aliphatic heterocycles. The van der Waals surface area contributed by atoms with Gasteiger partial charge in [0.1, 0.15) is 11.5 Å². The molecular formula is C21H23N3O5. The molecule has 8 nitrogen and oxygen atoms in total. The molecule has 1 heterocycles. The first-order valence-electron chi connectivity index (χ1n) is 9.31. The van der Waals surface area contributed by atoms with E-state index >= 15 is 0 Å². The summed E-state index contributed by atoms with van der Waals surface area (Å²) in [6.45, 7) is 2.61. The molecule has 1 saturated heterocycles. The van der Waals surface area contributed by atoms with Crippen molar-refractivity contribution >= 4 is 29.1 Å². The average Bonchev–Trinajstić information content (AvgIpc) is 3.11. The summed E-state index contributed by atoms with van der Waals surface area (Å²) in [7, 11) is 0. The van der Waals surface area contributed by atoms with Crippen LogP contribution >= 0.6 is 0 Å². The minimum Gasteiger partial charge on any atom is -0.494 e. The molecule has 3 N–H and O–H groups in total. The van der Waals surface area contributed by atoms with Crippen molar-refractivity contribution in [3.05, 3.63) is 48.5 Å². The maximum atomic E-state index is 12.1. The summed E-state index contributed by atoms with van der Waals surface area (Å²) in [5, 5.41) is 2.74. The van der Waals surface area contributed by atoms with Crippen molar-refractivity contribution < 1.29 is 23.9 Å². The van der Waals surface area contributed by atoms with E-state index in [-0.39, 0.29) is 31.4 Å². The maximum absolute atomic E-state index is 12.1. The van der Waals surface area contributed by atoms with E-state index in [1.807, 2.05) is 6.92 Å². The predicted octanol–water partition coefficient (Wildman–Crippen LogP) is 1.94. The number of primary amides is 1. The molecule has 0 aliphatic carbocycles. The van der Waals surface area contributed by atoms with Crippen LogP contribution in [-0.2, 0) is 14.4 Å². The van der Waals surface area contributed by atoms with Crippen LogP contribution in [0.25, 0.3) is 0 Å². The summed E-state index contributed by atoms with van der Waals surface area (Å²) < 4.78 is 10.8. The number of ether oxygens (including phenoxy) is 2. The number of rotatable bonds is 8. The third-order valence-electron chi connectivity index (χ3n) is 4.49. The summed E-state index contributed by atoms with van der Waals surface area (Å²) in [4.78, 5) is 36.9. The van der Waals surface area contributed by atoms with Crippen molar-refractivity contribution in [2.45, 2.75) is 13.3 Å². The summed E-state index contributed by atoms with van der Waals surface area (Å²) in [6, 6.07) is 13.8. The molecule has 0 saturated carbocycles.